The summed E-state index contributed by atoms with van der Waals surface area (Å²) in [6, 6.07) is 19.8. The molecule has 29 heavy (non-hydrogen) atoms. The second kappa shape index (κ2) is 5.65. The zero-order chi connectivity index (χ0) is 20.6. The Morgan fingerprint density at radius 2 is 1.41 bits per heavy atom. The van der Waals surface area contributed by atoms with E-state index in [9.17, 15) is 14.4 Å². The number of rotatable bonds is 3. The highest BCUT2D eigenvalue weighted by Gasteiger charge is 2.88. The number of ketones is 2. The number of carbonyl (C=O) groups is 3. The third kappa shape index (κ3) is 1.97. The van der Waals surface area contributed by atoms with E-state index in [4.69, 9.17) is 4.74 Å². The first-order valence-corrected chi connectivity index (χ1v) is 10.2. The summed E-state index contributed by atoms with van der Waals surface area (Å²) in [5.74, 6) is -1.19. The Labute approximate surface area is 170 Å². The molecule has 5 rings (SSSR count). The van der Waals surface area contributed by atoms with Crippen LogP contribution in [0.15, 0.2) is 60.7 Å². The Morgan fingerprint density at radius 1 is 0.897 bits per heavy atom. The molecular weight excluding hydrogens is 364 g/mol. The third-order valence-electron chi connectivity index (χ3n) is 7.82. The molecule has 4 heteroatoms. The molecule has 5 atom stereocenters. The van der Waals surface area contributed by atoms with Crippen LogP contribution in [0.4, 0.5) is 0 Å². The highest BCUT2D eigenvalue weighted by atomic mass is 16.5. The quantitative estimate of drug-likeness (QED) is 0.752. The van der Waals surface area contributed by atoms with E-state index >= 15 is 0 Å². The molecule has 0 aliphatic heterocycles. The standard InChI is InChI=1S/C25H24O4/c1-15(26)29-18-14-23(2)19(18)21(27)24(3)20(22(23)28)25(24,16-10-6-4-7-11-16)17-12-8-5-9-13-17/h4-13,18-20H,14H2,1-3H3/t18-,19-,20+,23-,24+/m0/s1. The van der Waals surface area contributed by atoms with Gasteiger partial charge in [0, 0.05) is 23.7 Å². The number of carbonyl (C=O) groups excluding carboxylic acids is 3. The lowest BCUT2D eigenvalue weighted by molar-refractivity contribution is -0.189. The molecule has 3 fully saturated rings. The summed E-state index contributed by atoms with van der Waals surface area (Å²) in [6.07, 6.45) is -0.0785. The molecule has 0 saturated heterocycles. The van der Waals surface area contributed by atoms with Crippen LogP contribution in [0.3, 0.4) is 0 Å². The molecule has 0 aromatic heterocycles. The van der Waals surface area contributed by atoms with E-state index in [1.165, 1.54) is 6.92 Å². The average molecular weight is 388 g/mol. The monoisotopic (exact) mass is 388 g/mol. The van der Waals surface area contributed by atoms with Crippen LogP contribution in [0.5, 0.6) is 0 Å². The number of fused-ring (bicyclic) bond motifs is 2. The van der Waals surface area contributed by atoms with Crippen LogP contribution in [-0.4, -0.2) is 23.6 Å². The molecule has 2 aromatic rings. The highest BCUT2D eigenvalue weighted by molar-refractivity contribution is 6.13. The van der Waals surface area contributed by atoms with Crippen LogP contribution in [0, 0.1) is 22.7 Å². The molecule has 0 spiro atoms. The van der Waals surface area contributed by atoms with Gasteiger partial charge in [0.25, 0.3) is 0 Å². The van der Waals surface area contributed by atoms with E-state index < -0.39 is 40.2 Å². The van der Waals surface area contributed by atoms with Crippen LogP contribution in [0.1, 0.15) is 38.3 Å². The minimum atomic E-state index is -0.838. The SMILES string of the molecule is CC(=O)O[C@H]1C[C@]2(C)C(=O)[C@H]3C(c4ccccc4)(c4ccccc4)[C@@]3(C)C(=O)[C@H]12. The second-order valence-electron chi connectivity index (χ2n) is 9.15. The topological polar surface area (TPSA) is 60.4 Å². The fraction of sp³-hybridized carbons (Fsp3) is 0.400. The molecule has 3 saturated carbocycles. The predicted octanol–water partition coefficient (Wildman–Crippen LogP) is 3.72. The van der Waals surface area contributed by atoms with Crippen LogP contribution in [0.25, 0.3) is 0 Å². The smallest absolute Gasteiger partial charge is 0.302 e. The lowest BCUT2D eigenvalue weighted by atomic mass is 9.50. The number of ether oxygens (including phenoxy) is 1. The maximum absolute atomic E-state index is 13.9. The third-order valence-corrected chi connectivity index (χ3v) is 7.82. The number of hydrogen-bond donors (Lipinski definition) is 0. The van der Waals surface area contributed by atoms with Crippen LogP contribution in [0.2, 0.25) is 0 Å². The molecule has 0 heterocycles. The van der Waals surface area contributed by atoms with Gasteiger partial charge >= 0.3 is 5.97 Å². The van der Waals surface area contributed by atoms with Gasteiger partial charge in [-0.3, -0.25) is 14.4 Å². The van der Waals surface area contributed by atoms with E-state index in [0.29, 0.717) is 6.42 Å². The zero-order valence-corrected chi connectivity index (χ0v) is 16.8. The molecule has 3 aliphatic carbocycles. The van der Waals surface area contributed by atoms with Crippen molar-refractivity contribution < 1.29 is 19.1 Å². The van der Waals surface area contributed by atoms with Gasteiger partial charge in [0.1, 0.15) is 17.7 Å². The molecular formula is C25H24O4. The van der Waals surface area contributed by atoms with Crippen molar-refractivity contribution >= 4 is 17.5 Å². The van der Waals surface area contributed by atoms with E-state index in [1.807, 2.05) is 74.5 Å². The van der Waals surface area contributed by atoms with Gasteiger partial charge in [-0.05, 0) is 17.5 Å². The predicted molar refractivity (Wildman–Crippen MR) is 107 cm³/mol. The van der Waals surface area contributed by atoms with Gasteiger partial charge in [0.2, 0.25) is 0 Å². The maximum Gasteiger partial charge on any atom is 0.302 e. The van der Waals surface area contributed by atoms with Gasteiger partial charge in [-0.2, -0.15) is 0 Å². The van der Waals surface area contributed by atoms with E-state index in [2.05, 4.69) is 0 Å². The van der Waals surface area contributed by atoms with E-state index in [-0.39, 0.29) is 11.6 Å². The number of benzene rings is 2. The molecule has 4 nitrogen and oxygen atoms in total. The second-order valence-corrected chi connectivity index (χ2v) is 9.15. The van der Waals surface area contributed by atoms with Gasteiger partial charge in [-0.1, -0.05) is 74.5 Å². The molecule has 2 aromatic carbocycles. The lowest BCUT2D eigenvalue weighted by Gasteiger charge is -2.53. The Kier molecular flexibility index (Phi) is 3.57. The molecule has 0 amide bonds. The first kappa shape index (κ1) is 18.3. The Morgan fingerprint density at radius 3 is 1.90 bits per heavy atom. The van der Waals surface area contributed by atoms with Gasteiger partial charge in [0.05, 0.1) is 11.3 Å². The van der Waals surface area contributed by atoms with Crippen molar-refractivity contribution in [2.45, 2.75) is 38.7 Å². The van der Waals surface area contributed by atoms with Crippen molar-refractivity contribution in [3.8, 4) is 0 Å². The summed E-state index contributed by atoms with van der Waals surface area (Å²) >= 11 is 0. The number of esters is 1. The van der Waals surface area contributed by atoms with Crippen LogP contribution < -0.4 is 0 Å². The van der Waals surface area contributed by atoms with Crippen molar-refractivity contribution in [1.82, 2.24) is 0 Å². The van der Waals surface area contributed by atoms with Crippen molar-refractivity contribution in [3.05, 3.63) is 71.8 Å². The fourth-order valence-corrected chi connectivity index (χ4v) is 6.52. The first-order valence-electron chi connectivity index (χ1n) is 10.2. The van der Waals surface area contributed by atoms with Crippen molar-refractivity contribution in [3.63, 3.8) is 0 Å². The highest BCUT2D eigenvalue weighted by Crippen LogP contribution is 2.80. The lowest BCUT2D eigenvalue weighted by Crippen LogP contribution is -2.63. The molecule has 3 aliphatic rings. The molecule has 148 valence electrons. The van der Waals surface area contributed by atoms with Gasteiger partial charge in [0.15, 0.2) is 0 Å². The van der Waals surface area contributed by atoms with Crippen molar-refractivity contribution in [1.29, 1.82) is 0 Å². The van der Waals surface area contributed by atoms with Crippen molar-refractivity contribution in [2.75, 3.05) is 0 Å². The molecule has 0 bridgehead atoms. The number of hydrogen-bond acceptors (Lipinski definition) is 4. The summed E-state index contributed by atoms with van der Waals surface area (Å²) in [5, 5.41) is 0. The Balaban J connectivity index is 1.70. The first-order chi connectivity index (χ1) is 13.8. The van der Waals surface area contributed by atoms with Crippen molar-refractivity contribution in [2.24, 2.45) is 22.7 Å². The van der Waals surface area contributed by atoms with Gasteiger partial charge in [-0.15, -0.1) is 0 Å². The Bertz CT molecular complexity index is 988. The number of Topliss-reactive ketones (excluding diaryl/α,β-unsaturated/α-hetero) is 2. The summed E-state index contributed by atoms with van der Waals surface area (Å²) < 4.78 is 5.42. The summed E-state index contributed by atoms with van der Waals surface area (Å²) in [5.41, 5.74) is -0.281. The molecule has 0 N–H and O–H groups in total. The van der Waals surface area contributed by atoms with Crippen LogP contribution in [-0.2, 0) is 24.5 Å². The van der Waals surface area contributed by atoms with Gasteiger partial charge in [-0.25, -0.2) is 0 Å². The average Bonchev–Trinajstić information content (AvgIpc) is 3.29. The largest absolute Gasteiger partial charge is 0.462 e. The fourth-order valence-electron chi connectivity index (χ4n) is 6.52. The summed E-state index contributed by atoms with van der Waals surface area (Å²) in [6.45, 7) is 5.15. The van der Waals surface area contributed by atoms with E-state index in [1.54, 1.807) is 0 Å². The molecule has 0 unspecified atom stereocenters. The Hall–Kier alpha value is -2.75. The normalized spacial score (nSPS) is 36.4. The molecule has 0 radical (unpaired) electrons. The maximum atomic E-state index is 13.9. The summed E-state index contributed by atoms with van der Waals surface area (Å²) in [4.78, 5) is 39.3. The van der Waals surface area contributed by atoms with Gasteiger partial charge < -0.3 is 4.74 Å². The zero-order valence-electron chi connectivity index (χ0n) is 16.8. The van der Waals surface area contributed by atoms with Crippen LogP contribution >= 0.6 is 0 Å². The van der Waals surface area contributed by atoms with E-state index in [0.717, 1.165) is 11.1 Å². The minimum Gasteiger partial charge on any atom is -0.462 e. The minimum absolute atomic E-state index is 0.0507. The summed E-state index contributed by atoms with van der Waals surface area (Å²) in [7, 11) is 0.